The number of aromatic nitrogens is 2. The van der Waals surface area contributed by atoms with Crippen LogP contribution in [0.3, 0.4) is 0 Å². The molecule has 6 heteroatoms. The predicted molar refractivity (Wildman–Crippen MR) is 88.9 cm³/mol. The first-order chi connectivity index (χ1) is 11.2. The van der Waals surface area contributed by atoms with Crippen LogP contribution in [0.1, 0.15) is 10.4 Å². The summed E-state index contributed by atoms with van der Waals surface area (Å²) >= 11 is 5.17. The molecule has 2 aromatic carbocycles. The van der Waals surface area contributed by atoms with Gasteiger partial charge in [0.15, 0.2) is 16.3 Å². The van der Waals surface area contributed by atoms with Gasteiger partial charge in [0.25, 0.3) is 0 Å². The Balaban J connectivity index is 1.81. The molecular formula is C17H14N2O3S. The fourth-order valence-corrected chi connectivity index (χ4v) is 2.38. The number of H-pyrrole nitrogens is 1. The molecule has 1 aromatic heterocycles. The van der Waals surface area contributed by atoms with E-state index < -0.39 is 5.97 Å². The highest BCUT2D eigenvalue weighted by Crippen LogP contribution is 2.26. The van der Waals surface area contributed by atoms with Gasteiger partial charge in [0.05, 0.1) is 12.7 Å². The summed E-state index contributed by atoms with van der Waals surface area (Å²) in [5.41, 5.74) is 1.31. The highest BCUT2D eigenvalue weighted by Gasteiger charge is 2.12. The van der Waals surface area contributed by atoms with Crippen molar-refractivity contribution in [3.63, 3.8) is 0 Å². The van der Waals surface area contributed by atoms with Crippen molar-refractivity contribution in [3.05, 3.63) is 71.3 Å². The number of esters is 1. The first-order valence-electron chi connectivity index (χ1n) is 6.91. The van der Waals surface area contributed by atoms with Gasteiger partial charge < -0.3 is 14.5 Å². The summed E-state index contributed by atoms with van der Waals surface area (Å²) in [6.45, 7) is 0. The van der Waals surface area contributed by atoms with E-state index in [0.717, 1.165) is 5.69 Å². The van der Waals surface area contributed by atoms with Crippen LogP contribution in [0.15, 0.2) is 60.9 Å². The molecule has 0 amide bonds. The van der Waals surface area contributed by atoms with Gasteiger partial charge in [0, 0.05) is 18.1 Å². The summed E-state index contributed by atoms with van der Waals surface area (Å²) < 4.78 is 12.9. The minimum atomic E-state index is -0.446. The zero-order valence-electron chi connectivity index (χ0n) is 12.4. The molecule has 0 bridgehead atoms. The zero-order chi connectivity index (χ0) is 16.2. The van der Waals surface area contributed by atoms with E-state index in [0.29, 0.717) is 21.8 Å². The normalized spacial score (nSPS) is 10.3. The van der Waals surface area contributed by atoms with Crippen LogP contribution < -0.4 is 9.47 Å². The third-order valence-electron chi connectivity index (χ3n) is 3.30. The zero-order valence-corrected chi connectivity index (χ0v) is 13.2. The van der Waals surface area contributed by atoms with Gasteiger partial charge in [-0.1, -0.05) is 12.1 Å². The second kappa shape index (κ2) is 6.50. The van der Waals surface area contributed by atoms with Crippen molar-refractivity contribution in [3.8, 4) is 17.2 Å². The molecule has 3 aromatic rings. The van der Waals surface area contributed by atoms with Gasteiger partial charge in [-0.2, -0.15) is 0 Å². The Morgan fingerprint density at radius 2 is 1.78 bits per heavy atom. The summed E-state index contributed by atoms with van der Waals surface area (Å²) in [6.07, 6.45) is 3.58. The smallest absolute Gasteiger partial charge is 0.343 e. The third kappa shape index (κ3) is 3.17. The standard InChI is InChI=1S/C17H14N2O3S/c1-21-14-4-2-3-5-15(14)22-16(20)12-6-8-13(9-7-12)19-11-10-18-17(19)23/h2-11H,1H3,(H,18,23). The average Bonchev–Trinajstić information content (AvgIpc) is 3.01. The number of aromatic amines is 1. The van der Waals surface area contributed by atoms with Crippen molar-refractivity contribution in [2.45, 2.75) is 0 Å². The Bertz CT molecular complexity index is 881. The number of hydrogen-bond donors (Lipinski definition) is 1. The van der Waals surface area contributed by atoms with Gasteiger partial charge in [-0.05, 0) is 48.6 Å². The molecule has 0 aliphatic heterocycles. The Kier molecular flexibility index (Phi) is 4.25. The number of nitrogens with one attached hydrogen (secondary N) is 1. The molecule has 3 rings (SSSR count). The van der Waals surface area contributed by atoms with E-state index >= 15 is 0 Å². The molecule has 0 aliphatic carbocycles. The van der Waals surface area contributed by atoms with Gasteiger partial charge in [0.1, 0.15) is 0 Å². The molecule has 0 atom stereocenters. The summed E-state index contributed by atoms with van der Waals surface area (Å²) in [7, 11) is 1.53. The summed E-state index contributed by atoms with van der Waals surface area (Å²) in [5.74, 6) is 0.451. The maximum Gasteiger partial charge on any atom is 0.343 e. The van der Waals surface area contributed by atoms with Gasteiger partial charge in [-0.25, -0.2) is 4.79 Å². The summed E-state index contributed by atoms with van der Waals surface area (Å²) in [5, 5.41) is 0. The third-order valence-corrected chi connectivity index (χ3v) is 3.62. The number of methoxy groups -OCH3 is 1. The molecule has 5 nitrogen and oxygen atoms in total. The van der Waals surface area contributed by atoms with Gasteiger partial charge in [0.2, 0.25) is 0 Å². The van der Waals surface area contributed by atoms with E-state index in [-0.39, 0.29) is 0 Å². The van der Waals surface area contributed by atoms with Crippen LogP contribution in [0, 0.1) is 4.77 Å². The molecule has 0 spiro atoms. The van der Waals surface area contributed by atoms with Crippen molar-refractivity contribution in [1.29, 1.82) is 0 Å². The van der Waals surface area contributed by atoms with E-state index in [1.165, 1.54) is 7.11 Å². The Hall–Kier alpha value is -2.86. The van der Waals surface area contributed by atoms with E-state index in [4.69, 9.17) is 21.7 Å². The molecule has 0 saturated carbocycles. The predicted octanol–water partition coefficient (Wildman–Crippen LogP) is 3.76. The van der Waals surface area contributed by atoms with Crippen LogP contribution in [-0.4, -0.2) is 22.6 Å². The van der Waals surface area contributed by atoms with E-state index in [1.54, 1.807) is 36.5 Å². The number of para-hydroxylation sites is 2. The monoisotopic (exact) mass is 326 g/mol. The molecular weight excluding hydrogens is 312 g/mol. The van der Waals surface area contributed by atoms with Crippen LogP contribution >= 0.6 is 12.2 Å². The molecule has 1 N–H and O–H groups in total. The lowest BCUT2D eigenvalue weighted by Crippen LogP contribution is -2.09. The molecule has 0 saturated heterocycles. The van der Waals surface area contributed by atoms with Crippen LogP contribution in [-0.2, 0) is 0 Å². The topological polar surface area (TPSA) is 56.2 Å². The van der Waals surface area contributed by atoms with Crippen LogP contribution in [0.4, 0.5) is 0 Å². The Morgan fingerprint density at radius 1 is 1.09 bits per heavy atom. The number of hydrogen-bond acceptors (Lipinski definition) is 4. The quantitative estimate of drug-likeness (QED) is 0.450. The minimum Gasteiger partial charge on any atom is -0.493 e. The number of rotatable bonds is 4. The Labute approximate surface area is 138 Å². The lowest BCUT2D eigenvalue weighted by Gasteiger charge is -2.09. The van der Waals surface area contributed by atoms with Crippen molar-refractivity contribution >= 4 is 18.2 Å². The molecule has 116 valence electrons. The first-order valence-corrected chi connectivity index (χ1v) is 7.31. The molecule has 0 unspecified atom stereocenters. The minimum absolute atomic E-state index is 0.386. The van der Waals surface area contributed by atoms with E-state index in [9.17, 15) is 4.79 Å². The molecule has 0 fully saturated rings. The number of imidazole rings is 1. The largest absolute Gasteiger partial charge is 0.493 e. The summed E-state index contributed by atoms with van der Waals surface area (Å²) in [4.78, 5) is 15.2. The van der Waals surface area contributed by atoms with Crippen molar-refractivity contribution in [1.82, 2.24) is 9.55 Å². The van der Waals surface area contributed by atoms with Crippen molar-refractivity contribution in [2.75, 3.05) is 7.11 Å². The number of benzene rings is 2. The van der Waals surface area contributed by atoms with Gasteiger partial charge in [-0.15, -0.1) is 0 Å². The molecule has 1 heterocycles. The first kappa shape index (κ1) is 15.1. The van der Waals surface area contributed by atoms with E-state index in [2.05, 4.69) is 4.98 Å². The molecule has 0 aliphatic rings. The van der Waals surface area contributed by atoms with Crippen LogP contribution in [0.25, 0.3) is 5.69 Å². The van der Waals surface area contributed by atoms with Gasteiger partial charge >= 0.3 is 5.97 Å². The number of ether oxygens (including phenoxy) is 2. The van der Waals surface area contributed by atoms with Crippen molar-refractivity contribution in [2.24, 2.45) is 0 Å². The number of carbonyl (C=O) groups is 1. The highest BCUT2D eigenvalue weighted by molar-refractivity contribution is 7.71. The maximum absolute atomic E-state index is 12.2. The lowest BCUT2D eigenvalue weighted by molar-refractivity contribution is 0.0730. The fourth-order valence-electron chi connectivity index (χ4n) is 2.14. The molecule has 23 heavy (non-hydrogen) atoms. The highest BCUT2D eigenvalue weighted by atomic mass is 32.1. The van der Waals surface area contributed by atoms with Crippen molar-refractivity contribution < 1.29 is 14.3 Å². The van der Waals surface area contributed by atoms with Crippen LogP contribution in [0.5, 0.6) is 11.5 Å². The van der Waals surface area contributed by atoms with Gasteiger partial charge in [-0.3, -0.25) is 4.57 Å². The SMILES string of the molecule is COc1ccccc1OC(=O)c1ccc(-n2cc[nH]c2=S)cc1. The van der Waals surface area contributed by atoms with Crippen LogP contribution in [0.2, 0.25) is 0 Å². The summed E-state index contributed by atoms with van der Waals surface area (Å²) in [6, 6.07) is 14.0. The number of nitrogens with zero attached hydrogens (tertiary/aromatic N) is 1. The Morgan fingerprint density at radius 3 is 2.39 bits per heavy atom. The average molecular weight is 326 g/mol. The lowest BCUT2D eigenvalue weighted by atomic mass is 10.2. The fraction of sp³-hybridized carbons (Fsp3) is 0.0588. The second-order valence-corrected chi connectivity index (χ2v) is 5.11. The molecule has 0 radical (unpaired) electrons. The van der Waals surface area contributed by atoms with E-state index in [1.807, 2.05) is 29.0 Å². The second-order valence-electron chi connectivity index (χ2n) is 4.72. The maximum atomic E-state index is 12.2. The number of carbonyl (C=O) groups excluding carboxylic acids is 1.